The van der Waals surface area contributed by atoms with E-state index >= 15 is 0 Å². The molecule has 126 valence electrons. The largest absolute Gasteiger partial charge is 0.466 e. The van der Waals surface area contributed by atoms with Crippen LogP contribution in [0.3, 0.4) is 0 Å². The first-order chi connectivity index (χ1) is 11.0. The maximum Gasteiger partial charge on any atom is 0.295 e. The van der Waals surface area contributed by atoms with Crippen LogP contribution in [0.4, 0.5) is 0 Å². The van der Waals surface area contributed by atoms with Gasteiger partial charge in [-0.25, -0.2) is 0 Å². The Labute approximate surface area is 145 Å². The van der Waals surface area contributed by atoms with Gasteiger partial charge in [0, 0.05) is 5.41 Å². The number of rotatable bonds is 6. The van der Waals surface area contributed by atoms with Crippen LogP contribution >= 0.6 is 23.1 Å². The fourth-order valence-electron chi connectivity index (χ4n) is 5.24. The molecular formula is C17H24N2O2S2. The summed E-state index contributed by atoms with van der Waals surface area (Å²) in [7, 11) is 0. The van der Waals surface area contributed by atoms with Crippen molar-refractivity contribution >= 4 is 28.9 Å². The van der Waals surface area contributed by atoms with Gasteiger partial charge in [0.25, 0.3) is 5.19 Å². The number of carbonyl (C=O) groups excluding carboxylic acids is 1. The quantitative estimate of drug-likeness (QED) is 0.718. The second kappa shape index (κ2) is 6.03. The van der Waals surface area contributed by atoms with Gasteiger partial charge in [-0.15, -0.1) is 5.10 Å². The molecule has 4 aliphatic rings. The predicted molar refractivity (Wildman–Crippen MR) is 92.0 cm³/mol. The maximum absolute atomic E-state index is 13.0. The third kappa shape index (κ3) is 3.16. The topological polar surface area (TPSA) is 52.1 Å². The van der Waals surface area contributed by atoms with E-state index in [4.69, 9.17) is 4.74 Å². The van der Waals surface area contributed by atoms with Crippen molar-refractivity contribution in [2.24, 2.45) is 23.2 Å². The summed E-state index contributed by atoms with van der Waals surface area (Å²) in [6.07, 6.45) is 7.70. The number of carbonyl (C=O) groups is 1. The van der Waals surface area contributed by atoms with E-state index in [9.17, 15) is 4.79 Å². The molecular weight excluding hydrogens is 328 g/mol. The number of aromatic nitrogens is 2. The molecule has 5 rings (SSSR count). The van der Waals surface area contributed by atoms with E-state index < -0.39 is 0 Å². The summed E-state index contributed by atoms with van der Waals surface area (Å²) in [6, 6.07) is 0. The van der Waals surface area contributed by atoms with Crippen LogP contribution in [-0.4, -0.2) is 27.8 Å². The summed E-state index contributed by atoms with van der Waals surface area (Å²) in [4.78, 5) is 13.0. The standard InChI is InChI=1S/C17H24N2O2S2/c1-10(2)21-15-18-19-16(23-15)22-9-14(20)17-6-11-3-12(7-17)5-13(4-11)8-17/h10-13H,3-9H2,1-2H3. The number of Topliss-reactive ketones (excluding diaryl/α,β-unsaturated/α-hetero) is 1. The summed E-state index contributed by atoms with van der Waals surface area (Å²) < 4.78 is 6.39. The third-order valence-corrected chi connectivity index (χ3v) is 7.63. The van der Waals surface area contributed by atoms with E-state index in [1.165, 1.54) is 30.6 Å². The van der Waals surface area contributed by atoms with E-state index in [1.54, 1.807) is 11.8 Å². The highest BCUT2D eigenvalue weighted by Crippen LogP contribution is 2.60. The van der Waals surface area contributed by atoms with Crippen LogP contribution in [0.5, 0.6) is 5.19 Å². The molecule has 1 aromatic heterocycles. The zero-order valence-electron chi connectivity index (χ0n) is 13.8. The van der Waals surface area contributed by atoms with Gasteiger partial charge in [0.15, 0.2) is 4.34 Å². The Morgan fingerprint density at radius 2 is 1.83 bits per heavy atom. The zero-order chi connectivity index (χ0) is 16.0. The van der Waals surface area contributed by atoms with Crippen LogP contribution < -0.4 is 4.74 Å². The molecule has 23 heavy (non-hydrogen) atoms. The molecule has 0 atom stereocenters. The van der Waals surface area contributed by atoms with E-state index in [2.05, 4.69) is 10.2 Å². The molecule has 1 aromatic rings. The smallest absolute Gasteiger partial charge is 0.295 e. The Kier molecular flexibility index (Phi) is 4.16. The van der Waals surface area contributed by atoms with Crippen LogP contribution in [0.15, 0.2) is 4.34 Å². The average Bonchev–Trinajstić information content (AvgIpc) is 2.90. The summed E-state index contributed by atoms with van der Waals surface area (Å²) in [5.74, 6) is 3.47. The van der Waals surface area contributed by atoms with Gasteiger partial charge in [-0.3, -0.25) is 4.79 Å². The minimum absolute atomic E-state index is 0.00367. The monoisotopic (exact) mass is 352 g/mol. The number of thioether (sulfide) groups is 1. The molecule has 0 spiro atoms. The maximum atomic E-state index is 13.0. The Hall–Kier alpha value is -0.620. The summed E-state index contributed by atoms with van der Waals surface area (Å²) >= 11 is 2.99. The molecule has 0 amide bonds. The Morgan fingerprint density at radius 3 is 2.39 bits per heavy atom. The number of hydrogen-bond acceptors (Lipinski definition) is 6. The van der Waals surface area contributed by atoms with Gasteiger partial charge in [0.05, 0.1) is 11.9 Å². The molecule has 4 nitrogen and oxygen atoms in total. The first kappa shape index (κ1) is 15.9. The molecule has 4 fully saturated rings. The lowest BCUT2D eigenvalue weighted by molar-refractivity contribution is -0.141. The van der Waals surface area contributed by atoms with Gasteiger partial charge in [0.1, 0.15) is 5.78 Å². The lowest BCUT2D eigenvalue weighted by Crippen LogP contribution is -2.50. The second-order valence-corrected chi connectivity index (χ2v) is 10.1. The molecule has 6 heteroatoms. The highest BCUT2D eigenvalue weighted by Gasteiger charge is 2.54. The van der Waals surface area contributed by atoms with E-state index in [-0.39, 0.29) is 11.5 Å². The van der Waals surface area contributed by atoms with Gasteiger partial charge in [-0.2, -0.15) is 0 Å². The molecule has 0 saturated heterocycles. The molecule has 1 heterocycles. The molecule has 0 aliphatic heterocycles. The minimum atomic E-state index is 0.00367. The summed E-state index contributed by atoms with van der Waals surface area (Å²) in [5.41, 5.74) is 0.00367. The van der Waals surface area contributed by atoms with Gasteiger partial charge in [0.2, 0.25) is 0 Å². The van der Waals surface area contributed by atoms with Crippen LogP contribution in [0.25, 0.3) is 0 Å². The fraction of sp³-hybridized carbons (Fsp3) is 0.824. The fourth-order valence-corrected chi connectivity index (χ4v) is 7.08. The van der Waals surface area contributed by atoms with Crippen LogP contribution in [-0.2, 0) is 4.79 Å². The van der Waals surface area contributed by atoms with Crippen molar-refractivity contribution in [2.45, 2.75) is 62.8 Å². The first-order valence-electron chi connectivity index (χ1n) is 8.69. The number of ketones is 1. The lowest BCUT2D eigenvalue weighted by Gasteiger charge is -2.56. The van der Waals surface area contributed by atoms with Crippen molar-refractivity contribution in [1.82, 2.24) is 10.2 Å². The third-order valence-electron chi connectivity index (χ3n) is 5.68. The van der Waals surface area contributed by atoms with Crippen molar-refractivity contribution in [2.75, 3.05) is 5.75 Å². The second-order valence-electron chi connectivity index (χ2n) is 7.91. The average molecular weight is 353 g/mol. The molecule has 4 bridgehead atoms. The minimum Gasteiger partial charge on any atom is -0.466 e. The SMILES string of the molecule is CC(C)Oc1nnc(SCC(=O)C23CC4CC(CC(C4)C2)C3)s1. The lowest BCUT2D eigenvalue weighted by atomic mass is 9.48. The highest BCUT2D eigenvalue weighted by atomic mass is 32.2. The van der Waals surface area contributed by atoms with Gasteiger partial charge < -0.3 is 4.74 Å². The zero-order valence-corrected chi connectivity index (χ0v) is 15.4. The number of hydrogen-bond donors (Lipinski definition) is 0. The number of ether oxygens (including phenoxy) is 1. The van der Waals surface area contributed by atoms with Gasteiger partial charge >= 0.3 is 0 Å². The van der Waals surface area contributed by atoms with Crippen LogP contribution in [0.2, 0.25) is 0 Å². The first-order valence-corrected chi connectivity index (χ1v) is 10.5. The van der Waals surface area contributed by atoms with Crippen LogP contribution in [0, 0.1) is 23.2 Å². The van der Waals surface area contributed by atoms with E-state index in [0.717, 1.165) is 41.4 Å². The molecule has 0 aromatic carbocycles. The van der Waals surface area contributed by atoms with Gasteiger partial charge in [-0.1, -0.05) is 16.9 Å². The molecule has 0 N–H and O–H groups in total. The van der Waals surface area contributed by atoms with Crippen molar-refractivity contribution in [3.05, 3.63) is 0 Å². The van der Waals surface area contributed by atoms with Crippen LogP contribution in [0.1, 0.15) is 52.4 Å². The Bertz CT molecular complexity index is 564. The number of nitrogens with zero attached hydrogens (tertiary/aromatic N) is 2. The molecule has 0 radical (unpaired) electrons. The van der Waals surface area contributed by atoms with Gasteiger partial charge in [-0.05, 0) is 81.5 Å². The Morgan fingerprint density at radius 1 is 1.22 bits per heavy atom. The summed E-state index contributed by atoms with van der Waals surface area (Å²) in [6.45, 7) is 3.95. The van der Waals surface area contributed by atoms with Crippen molar-refractivity contribution < 1.29 is 9.53 Å². The van der Waals surface area contributed by atoms with Crippen molar-refractivity contribution in [3.63, 3.8) is 0 Å². The normalized spacial score (nSPS) is 35.0. The molecule has 4 saturated carbocycles. The Balaban J connectivity index is 1.38. The predicted octanol–water partition coefficient (Wildman–Crippen LogP) is 4.20. The van der Waals surface area contributed by atoms with E-state index in [1.807, 2.05) is 13.8 Å². The van der Waals surface area contributed by atoms with Crippen molar-refractivity contribution in [3.8, 4) is 5.19 Å². The molecule has 4 aliphatic carbocycles. The summed E-state index contributed by atoms with van der Waals surface area (Å²) in [5, 5.41) is 8.78. The van der Waals surface area contributed by atoms with Crippen molar-refractivity contribution in [1.29, 1.82) is 0 Å². The van der Waals surface area contributed by atoms with E-state index in [0.29, 0.717) is 16.7 Å². The molecule has 0 unspecified atom stereocenters. The highest BCUT2D eigenvalue weighted by molar-refractivity contribution is 8.01.